The third kappa shape index (κ3) is 8.10. The van der Waals surface area contributed by atoms with Gasteiger partial charge in [-0.05, 0) is 24.8 Å². The Morgan fingerprint density at radius 1 is 1.05 bits per heavy atom. The van der Waals surface area contributed by atoms with E-state index < -0.39 is 72.0 Å². The van der Waals surface area contributed by atoms with Crippen molar-refractivity contribution >= 4 is 17.8 Å². The molecule has 1 aliphatic rings. The minimum absolute atomic E-state index is 0.00740. The van der Waals surface area contributed by atoms with Crippen LogP contribution < -0.4 is 10.1 Å². The number of hydrogen-bond acceptors (Lipinski definition) is 8. The Bertz CT molecular complexity index is 1170. The van der Waals surface area contributed by atoms with Crippen LogP contribution in [0.3, 0.4) is 0 Å². The number of likely N-dealkylation sites (tertiary alicyclic amines) is 1. The minimum atomic E-state index is -1.80. The van der Waals surface area contributed by atoms with E-state index in [0.717, 1.165) is 0 Å². The number of hydrogen-bond donors (Lipinski definition) is 2. The van der Waals surface area contributed by atoms with Crippen LogP contribution in [0, 0.1) is 35.1 Å². The Morgan fingerprint density at radius 2 is 1.65 bits per heavy atom. The molecule has 10 nitrogen and oxygen atoms in total. The van der Waals surface area contributed by atoms with E-state index in [9.17, 15) is 37.1 Å². The van der Waals surface area contributed by atoms with Crippen LogP contribution in [0.1, 0.15) is 43.7 Å². The second-order valence-electron chi connectivity index (χ2n) is 9.71. The van der Waals surface area contributed by atoms with Crippen LogP contribution in [0.25, 0.3) is 0 Å². The zero-order chi connectivity index (χ0) is 29.4. The number of amides is 2. The van der Waals surface area contributed by atoms with Gasteiger partial charge in [-0.25, -0.2) is 18.7 Å². The Labute approximate surface area is 227 Å². The van der Waals surface area contributed by atoms with Gasteiger partial charge in [-0.3, -0.25) is 14.4 Å². The normalized spacial score (nSPS) is 15.4. The summed E-state index contributed by atoms with van der Waals surface area (Å²) in [5.41, 5.74) is 0. The summed E-state index contributed by atoms with van der Waals surface area (Å²) in [6.45, 7) is 3.22. The fraction of sp³-hybridized carbons (Fsp3) is 0.500. The number of carbonyl (C=O) groups is 3. The maximum absolute atomic E-state index is 14.0. The highest BCUT2D eigenvalue weighted by atomic mass is 19.2. The number of nitrogens with zero attached hydrogens (tertiary/aromatic N) is 3. The van der Waals surface area contributed by atoms with E-state index in [0.29, 0.717) is 0 Å². The third-order valence-electron chi connectivity index (χ3n) is 6.14. The molecular formula is C26H30F4N4O6. The molecule has 40 heavy (non-hydrogen) atoms. The second-order valence-corrected chi connectivity index (χ2v) is 9.71. The maximum Gasteiger partial charge on any atom is 0.307 e. The molecule has 2 aromatic rings. The fourth-order valence-corrected chi connectivity index (χ4v) is 3.94. The van der Waals surface area contributed by atoms with E-state index in [2.05, 4.69) is 15.3 Å². The van der Waals surface area contributed by atoms with Gasteiger partial charge in [0.15, 0.2) is 17.4 Å². The van der Waals surface area contributed by atoms with E-state index >= 15 is 0 Å². The number of rotatable bonds is 11. The van der Waals surface area contributed by atoms with Gasteiger partial charge in [0.05, 0.1) is 19.1 Å². The monoisotopic (exact) mass is 570 g/mol. The molecule has 0 aliphatic carbocycles. The van der Waals surface area contributed by atoms with E-state index in [4.69, 9.17) is 9.47 Å². The summed E-state index contributed by atoms with van der Waals surface area (Å²) in [6.07, 6.45) is 1.16. The van der Waals surface area contributed by atoms with Crippen molar-refractivity contribution in [3.63, 3.8) is 0 Å². The number of carbonyl (C=O) groups excluding carboxylic acids is 3. The average Bonchev–Trinajstić information content (AvgIpc) is 2.94. The first-order valence-electron chi connectivity index (χ1n) is 12.6. The highest BCUT2D eigenvalue weighted by Crippen LogP contribution is 2.27. The molecule has 14 heteroatoms. The molecule has 3 rings (SSSR count). The molecule has 1 aliphatic heterocycles. The number of aliphatic hydroxyl groups is 1. The zero-order valence-electron chi connectivity index (χ0n) is 21.9. The van der Waals surface area contributed by atoms with Crippen LogP contribution in [0.15, 0.2) is 24.5 Å². The number of aromatic nitrogens is 2. The van der Waals surface area contributed by atoms with Crippen LogP contribution in [-0.4, -0.2) is 76.2 Å². The van der Waals surface area contributed by atoms with Crippen molar-refractivity contribution in [2.45, 2.75) is 45.3 Å². The fourth-order valence-electron chi connectivity index (χ4n) is 3.94. The van der Waals surface area contributed by atoms with Gasteiger partial charge in [0.25, 0.3) is 5.91 Å². The van der Waals surface area contributed by atoms with Crippen molar-refractivity contribution in [1.29, 1.82) is 0 Å². The number of aliphatic hydroxyl groups excluding tert-OH is 1. The topological polar surface area (TPSA) is 131 Å². The molecule has 1 fully saturated rings. The molecule has 218 valence electrons. The zero-order valence-corrected chi connectivity index (χ0v) is 21.9. The number of benzene rings is 1. The van der Waals surface area contributed by atoms with Crippen LogP contribution in [0.4, 0.5) is 17.6 Å². The van der Waals surface area contributed by atoms with Gasteiger partial charge in [-0.15, -0.1) is 0 Å². The summed E-state index contributed by atoms with van der Waals surface area (Å²) >= 11 is 0. The molecule has 2 N–H and O–H groups in total. The number of halogens is 4. The van der Waals surface area contributed by atoms with Crippen LogP contribution in [-0.2, 0) is 14.3 Å². The average molecular weight is 571 g/mol. The number of esters is 1. The lowest BCUT2D eigenvalue weighted by Gasteiger charge is -2.32. The summed E-state index contributed by atoms with van der Waals surface area (Å²) in [7, 11) is 0. The lowest BCUT2D eigenvalue weighted by atomic mass is 9.94. The van der Waals surface area contributed by atoms with E-state index in [1.54, 1.807) is 19.9 Å². The van der Waals surface area contributed by atoms with Gasteiger partial charge in [0, 0.05) is 37.5 Å². The smallest absolute Gasteiger partial charge is 0.307 e. The van der Waals surface area contributed by atoms with Gasteiger partial charge < -0.3 is 24.8 Å². The highest BCUT2D eigenvalue weighted by molar-refractivity contribution is 5.90. The van der Waals surface area contributed by atoms with Crippen molar-refractivity contribution in [1.82, 2.24) is 20.2 Å². The van der Waals surface area contributed by atoms with E-state index in [1.807, 2.05) is 0 Å². The summed E-state index contributed by atoms with van der Waals surface area (Å²) in [5, 5.41) is 13.2. The first kappa shape index (κ1) is 30.7. The molecule has 0 bridgehead atoms. The van der Waals surface area contributed by atoms with Crippen molar-refractivity contribution in [2.75, 3.05) is 26.3 Å². The molecule has 0 spiro atoms. The van der Waals surface area contributed by atoms with E-state index in [1.165, 1.54) is 17.3 Å². The van der Waals surface area contributed by atoms with Gasteiger partial charge in [0.1, 0.15) is 12.7 Å². The highest BCUT2D eigenvalue weighted by Gasteiger charge is 2.33. The molecule has 1 unspecified atom stereocenters. The Hall–Kier alpha value is -3.81. The largest absolute Gasteiger partial charge is 0.485 e. The first-order valence-corrected chi connectivity index (χ1v) is 12.6. The van der Waals surface area contributed by atoms with Crippen LogP contribution in [0.5, 0.6) is 5.75 Å². The predicted octanol–water partition coefficient (Wildman–Crippen LogP) is 2.40. The standard InChI is InChI=1S/C26H30F4N4O6/c1-14(2)12-39-20(36)11-18(19(35)13-40-23-21(29)16(27)10-17(28)22(23)30)33-25(37)15-4-8-34(9-5-15)26(38)24-31-6-3-7-32-24/h3,6-7,10,14-15,18-19,35H,4-5,8-9,11-13H2,1-2H3,(H,33,37)/t18-,19?/m0/s1. The predicted molar refractivity (Wildman–Crippen MR) is 131 cm³/mol. The summed E-state index contributed by atoms with van der Waals surface area (Å²) < 4.78 is 64.9. The minimum Gasteiger partial charge on any atom is -0.485 e. The molecule has 1 saturated heterocycles. The molecule has 2 heterocycles. The van der Waals surface area contributed by atoms with Crippen molar-refractivity contribution in [2.24, 2.45) is 11.8 Å². The molecule has 1 aromatic carbocycles. The number of ether oxygens (including phenoxy) is 2. The molecule has 2 amide bonds. The molecule has 0 saturated carbocycles. The Kier molecular flexibility index (Phi) is 10.8. The molecule has 2 atom stereocenters. The van der Waals surface area contributed by atoms with Crippen molar-refractivity contribution < 1.29 is 46.5 Å². The maximum atomic E-state index is 14.0. The Balaban J connectivity index is 1.64. The summed E-state index contributed by atoms with van der Waals surface area (Å²) in [4.78, 5) is 47.3. The van der Waals surface area contributed by atoms with E-state index in [-0.39, 0.29) is 56.3 Å². The lowest BCUT2D eigenvalue weighted by molar-refractivity contribution is -0.146. The summed E-state index contributed by atoms with van der Waals surface area (Å²) in [6, 6.07) is 0.257. The third-order valence-corrected chi connectivity index (χ3v) is 6.14. The van der Waals surface area contributed by atoms with Crippen LogP contribution in [0.2, 0.25) is 0 Å². The summed E-state index contributed by atoms with van der Waals surface area (Å²) in [5.74, 6) is -10.6. The van der Waals surface area contributed by atoms with Crippen molar-refractivity contribution in [3.8, 4) is 5.75 Å². The van der Waals surface area contributed by atoms with Gasteiger partial charge in [0.2, 0.25) is 23.4 Å². The lowest BCUT2D eigenvalue weighted by Crippen LogP contribution is -2.51. The van der Waals surface area contributed by atoms with Crippen molar-refractivity contribution in [3.05, 3.63) is 53.6 Å². The second kappa shape index (κ2) is 14.0. The first-order chi connectivity index (χ1) is 19.0. The quantitative estimate of drug-likeness (QED) is 0.239. The number of nitrogens with one attached hydrogen (secondary N) is 1. The van der Waals surface area contributed by atoms with Crippen LogP contribution >= 0.6 is 0 Å². The molecular weight excluding hydrogens is 540 g/mol. The Morgan fingerprint density at radius 3 is 2.23 bits per heavy atom. The van der Waals surface area contributed by atoms with Gasteiger partial charge in [-0.1, -0.05) is 13.8 Å². The SMILES string of the molecule is CC(C)COC(=O)C[C@H](NC(=O)C1CCN(C(=O)c2ncccn2)CC1)C(O)COc1c(F)c(F)cc(F)c1F. The van der Waals surface area contributed by atoms with Gasteiger partial charge in [-0.2, -0.15) is 8.78 Å². The van der Waals surface area contributed by atoms with Gasteiger partial charge >= 0.3 is 5.97 Å². The number of piperidine rings is 1. The molecule has 0 radical (unpaired) electrons. The molecule has 1 aromatic heterocycles.